The van der Waals surface area contributed by atoms with Gasteiger partial charge < -0.3 is 36.4 Å². The third-order valence-corrected chi connectivity index (χ3v) is 21.6. The molecule has 6 saturated carbocycles. The van der Waals surface area contributed by atoms with Gasteiger partial charge in [-0.3, -0.25) is 9.59 Å². The van der Waals surface area contributed by atoms with Crippen LogP contribution in [0.3, 0.4) is 0 Å². The Morgan fingerprint density at radius 2 is 1.73 bits per heavy atom. The number of ether oxygens (including phenoxy) is 1. The third-order valence-electron chi connectivity index (χ3n) is 21.6. The van der Waals surface area contributed by atoms with E-state index in [-0.39, 0.29) is 51.9 Å². The molecule has 2 aromatic carbocycles. The Bertz CT molecular complexity index is 2360. The number of rotatable bonds is 9. The monoisotopic (exact) mass is 916 g/mol. The van der Waals surface area contributed by atoms with Gasteiger partial charge in [0, 0.05) is 41.6 Å². The molecule has 2 aliphatic heterocycles. The van der Waals surface area contributed by atoms with Gasteiger partial charge in [-0.2, -0.15) is 0 Å². The Morgan fingerprint density at radius 3 is 2.52 bits per heavy atom. The van der Waals surface area contributed by atoms with Crippen molar-refractivity contribution >= 4 is 17.3 Å². The number of allylic oxidation sites excluding steroid dienone is 2. The minimum atomic E-state index is -0.854. The summed E-state index contributed by atoms with van der Waals surface area (Å²) < 4.78 is 6.62. The number of epoxide rings is 1. The van der Waals surface area contributed by atoms with E-state index in [0.29, 0.717) is 61.7 Å². The summed E-state index contributed by atoms with van der Waals surface area (Å²) in [6.45, 7) is 12.4. The molecule has 9 nitrogen and oxygen atoms in total. The molecule has 7 aliphatic carbocycles. The number of carbonyl (C=O) groups is 2. The quantitative estimate of drug-likeness (QED) is 0.107. The van der Waals surface area contributed by atoms with Crippen LogP contribution in [0.5, 0.6) is 5.75 Å². The van der Waals surface area contributed by atoms with Crippen LogP contribution in [0.15, 0.2) is 53.6 Å². The number of aliphatic hydroxyl groups excluding tert-OH is 1. The topological polar surface area (TPSA) is 157 Å². The van der Waals surface area contributed by atoms with Crippen LogP contribution in [-0.4, -0.2) is 69.9 Å². The van der Waals surface area contributed by atoms with Crippen LogP contribution < -0.4 is 16.4 Å². The Labute approximate surface area is 400 Å². The van der Waals surface area contributed by atoms with E-state index in [0.717, 1.165) is 119 Å². The predicted octanol–water partition coefficient (Wildman–Crippen LogP) is 9.59. The molecule has 9 aliphatic rings. The van der Waals surface area contributed by atoms with E-state index in [1.165, 1.54) is 11.1 Å². The lowest BCUT2D eigenvalue weighted by atomic mass is 9.30. The van der Waals surface area contributed by atoms with Crippen LogP contribution in [0.25, 0.3) is 0 Å². The average molecular weight is 916 g/mol. The first-order valence-corrected chi connectivity index (χ1v) is 26.9. The number of Topliss-reactive ketones (excluding diaryl/α,β-unsaturated/α-hetero) is 2. The van der Waals surface area contributed by atoms with Crippen molar-refractivity contribution in [3.8, 4) is 5.75 Å². The molecular weight excluding hydrogens is 835 g/mol. The van der Waals surface area contributed by atoms with Crippen molar-refractivity contribution in [2.45, 2.75) is 198 Å². The van der Waals surface area contributed by atoms with Gasteiger partial charge in [-0.25, -0.2) is 0 Å². The second-order valence-electron chi connectivity index (χ2n) is 25.3. The lowest BCUT2D eigenvalue weighted by molar-refractivity contribution is -0.226. The summed E-state index contributed by atoms with van der Waals surface area (Å²) in [5, 5.41) is 42.9. The van der Waals surface area contributed by atoms with E-state index < -0.39 is 28.1 Å². The van der Waals surface area contributed by atoms with Crippen LogP contribution in [0.2, 0.25) is 0 Å². The highest BCUT2D eigenvalue weighted by atomic mass is 16.6. The van der Waals surface area contributed by atoms with Crippen LogP contribution >= 0.6 is 0 Å². The summed E-state index contributed by atoms with van der Waals surface area (Å²) in [7, 11) is 1.93. The summed E-state index contributed by atoms with van der Waals surface area (Å²) in [4.78, 5) is 32.0. The zero-order valence-electron chi connectivity index (χ0n) is 41.5. The van der Waals surface area contributed by atoms with E-state index in [9.17, 15) is 15.3 Å². The predicted molar refractivity (Wildman–Crippen MR) is 262 cm³/mol. The summed E-state index contributed by atoms with van der Waals surface area (Å²) >= 11 is 0. The maximum absolute atomic E-state index is 16.3. The van der Waals surface area contributed by atoms with Crippen molar-refractivity contribution in [3.63, 3.8) is 0 Å². The van der Waals surface area contributed by atoms with Crippen molar-refractivity contribution in [3.05, 3.63) is 70.3 Å². The van der Waals surface area contributed by atoms with Gasteiger partial charge in [-0.05, 0) is 191 Å². The van der Waals surface area contributed by atoms with Crippen molar-refractivity contribution < 1.29 is 29.6 Å². The zero-order valence-corrected chi connectivity index (χ0v) is 41.5. The number of aliphatic hydroxyl groups is 2. The Hall–Kier alpha value is -3.08. The van der Waals surface area contributed by atoms with Gasteiger partial charge in [0.1, 0.15) is 17.6 Å². The van der Waals surface area contributed by atoms with E-state index in [4.69, 9.17) is 10.5 Å². The lowest BCUT2D eigenvalue weighted by Crippen LogP contribution is -2.74. The smallest absolute Gasteiger partial charge is 0.163 e. The molecule has 0 amide bonds. The van der Waals surface area contributed by atoms with Gasteiger partial charge in [0.2, 0.25) is 0 Å². The first-order chi connectivity index (χ1) is 31.9. The maximum Gasteiger partial charge on any atom is 0.163 e. The molecule has 67 heavy (non-hydrogen) atoms. The van der Waals surface area contributed by atoms with E-state index in [1.807, 2.05) is 38.2 Å². The van der Waals surface area contributed by atoms with Crippen molar-refractivity contribution in [1.82, 2.24) is 10.6 Å². The number of β-amino-alcohol motifs (C(OH)–C–C–N with tert-alkyl or cyclic N) is 1. The van der Waals surface area contributed by atoms with Crippen molar-refractivity contribution in [2.75, 3.05) is 19.3 Å². The van der Waals surface area contributed by atoms with Crippen LogP contribution in [0.4, 0.5) is 5.69 Å². The van der Waals surface area contributed by atoms with Crippen molar-refractivity contribution in [2.24, 2.45) is 51.2 Å². The number of ketones is 2. The number of aromatic hydroxyl groups is 1. The van der Waals surface area contributed by atoms with Gasteiger partial charge in [-0.15, -0.1) is 0 Å². The van der Waals surface area contributed by atoms with Crippen LogP contribution in [-0.2, 0) is 26.3 Å². The van der Waals surface area contributed by atoms with Gasteiger partial charge in [0.15, 0.2) is 5.78 Å². The second-order valence-corrected chi connectivity index (χ2v) is 25.3. The standard InChI is InChI=1S/C58H81N3O6/c1-34(25-45(63)50-55(5,67-50)41-16-10-15-40(41)36-13-9-14-38(59)28-36)47-42-18-19-46-54(4)32-56(37-26-35(31-60-6)27-39(62)29-37)22-12-24-58(42)43(48(47)64)17-11-23-57(46,58)30-44-49(54)53(3,51(56)65)21-8-7-20-52(2,66)33-61-44/h9,13-14,26-29,34,40-41,43-46,49-50,60-63,66H,7-8,10-12,15-25,30-33,59H2,1-6H3/t34-,40+,41-,43+,44+,45-,46-,49+,50-,52+,53-,54+,55-,56+,57+,58-/m1/s1. The number of fused-ring (bicyclic) bond motifs is 1. The molecule has 2 spiro atoms. The highest BCUT2D eigenvalue weighted by molar-refractivity contribution is 6.03. The molecule has 0 aromatic heterocycles. The van der Waals surface area contributed by atoms with Gasteiger partial charge in [0.25, 0.3) is 0 Å². The molecule has 2 aromatic rings. The number of anilines is 1. The second kappa shape index (κ2) is 16.0. The SMILES string of the molecule is CNCc1cc(O)cc([C@@]23CCC[C@@]45C6=C([C@H](C)C[C@@H](O)[C@H]7O[C@]7(C)[C@@H]7CCC[C@H]7c7cccc(N)c7)C(=O)[C@@H]4CCC[C@@]54C[C@@H]5NC[C@@](C)(O)CCCC[C@@](C)(C2=O)[C@H]5[C@@](C)(C3)[C@H]4CC6)c1. The van der Waals surface area contributed by atoms with Crippen molar-refractivity contribution in [1.29, 1.82) is 0 Å². The molecule has 2 saturated heterocycles. The molecular formula is C58H81N3O6. The molecule has 2 heterocycles. The Balaban J connectivity index is 1.01. The van der Waals surface area contributed by atoms with Gasteiger partial charge >= 0.3 is 0 Å². The van der Waals surface area contributed by atoms with E-state index >= 15 is 9.59 Å². The number of nitrogens with two attached hydrogens (primary N) is 1. The lowest BCUT2D eigenvalue weighted by Gasteiger charge is -2.74. The number of phenols is 1. The normalized spacial score (nSPS) is 45.5. The molecule has 16 atom stereocenters. The minimum absolute atomic E-state index is 0.00436. The fraction of sp³-hybridized carbons (Fsp3) is 0.724. The average Bonchev–Trinajstić information content (AvgIpc) is 3.59. The van der Waals surface area contributed by atoms with E-state index in [1.54, 1.807) is 0 Å². The van der Waals surface area contributed by atoms with Gasteiger partial charge in [0.05, 0.1) is 22.7 Å². The van der Waals surface area contributed by atoms with Crippen LogP contribution in [0.1, 0.15) is 173 Å². The molecule has 0 radical (unpaired) electrons. The highest BCUT2D eigenvalue weighted by Gasteiger charge is 2.78. The number of hydrogen-bond donors (Lipinski definition) is 6. The maximum atomic E-state index is 16.3. The number of nitrogen functional groups attached to an aromatic ring is 1. The number of carbonyl (C=O) groups excluding carboxylic acids is 2. The van der Waals surface area contributed by atoms with E-state index in [2.05, 4.69) is 56.5 Å². The first kappa shape index (κ1) is 46.3. The summed E-state index contributed by atoms with van der Waals surface area (Å²) in [5.41, 5.74) is 9.30. The fourth-order valence-electron chi connectivity index (χ4n) is 19.6. The molecule has 8 fully saturated rings. The fourth-order valence-corrected chi connectivity index (χ4v) is 19.6. The molecule has 364 valence electrons. The Morgan fingerprint density at radius 1 is 0.925 bits per heavy atom. The number of hydrogen-bond acceptors (Lipinski definition) is 9. The van der Waals surface area contributed by atoms with Crippen LogP contribution in [0, 0.1) is 51.2 Å². The molecule has 5 bridgehead atoms. The minimum Gasteiger partial charge on any atom is -0.508 e. The summed E-state index contributed by atoms with van der Waals surface area (Å²) in [6.07, 6.45) is 15.1. The molecule has 7 N–H and O–H groups in total. The first-order valence-electron chi connectivity index (χ1n) is 26.9. The molecule has 11 rings (SSSR count). The number of nitrogens with one attached hydrogen (secondary N) is 2. The number of benzene rings is 2. The third kappa shape index (κ3) is 6.61. The molecule has 9 heteroatoms. The summed E-state index contributed by atoms with van der Waals surface area (Å²) in [6, 6.07) is 14.3. The summed E-state index contributed by atoms with van der Waals surface area (Å²) in [5.74, 6) is 1.72. The van der Waals surface area contributed by atoms with Gasteiger partial charge in [-0.1, -0.05) is 76.6 Å². The highest BCUT2D eigenvalue weighted by Crippen LogP contribution is 2.81. The Kier molecular flexibility index (Phi) is 11.0. The zero-order chi connectivity index (χ0) is 47.1. The largest absolute Gasteiger partial charge is 0.508 e. The number of phenolic OH excluding ortho intramolecular Hbond substituents is 1. The molecule has 0 unspecified atom stereocenters.